The number of hydrogen-bond acceptors (Lipinski definition) is 5. The molecule has 5 heteroatoms. The molecule has 5 nitrogen and oxygen atoms in total. The number of carbonyl (C=O) groups excluding carboxylic acids is 2. The number of aromatic nitrogens is 1. The minimum atomic E-state index is -0.595. The highest BCUT2D eigenvalue weighted by molar-refractivity contribution is 5.91. The van der Waals surface area contributed by atoms with Crippen molar-refractivity contribution in [2.45, 2.75) is 32.3 Å². The lowest BCUT2D eigenvalue weighted by Crippen LogP contribution is -2.24. The predicted octanol–water partition coefficient (Wildman–Crippen LogP) is 5.01. The first-order chi connectivity index (χ1) is 14.3. The van der Waals surface area contributed by atoms with Crippen molar-refractivity contribution >= 4 is 11.9 Å². The Balaban J connectivity index is 1.46. The maximum absolute atomic E-state index is 12.5. The van der Waals surface area contributed by atoms with Gasteiger partial charge in [-0.25, -0.2) is 14.6 Å². The smallest absolute Gasteiger partial charge is 0.356 e. The van der Waals surface area contributed by atoms with E-state index in [1.807, 2.05) is 24.3 Å². The largest absolute Gasteiger partial charge is 0.460 e. The molecule has 0 aliphatic heterocycles. The normalized spacial score (nSPS) is 12.8. The van der Waals surface area contributed by atoms with Gasteiger partial charge < -0.3 is 9.47 Å². The zero-order valence-corrected chi connectivity index (χ0v) is 17.2. The maximum Gasteiger partial charge on any atom is 0.356 e. The van der Waals surface area contributed by atoms with E-state index >= 15 is 0 Å². The highest BCUT2D eigenvalue weighted by Gasteiger charge is 2.29. The zero-order chi connectivity index (χ0) is 21.3. The summed E-state index contributed by atoms with van der Waals surface area (Å²) in [6.45, 7) is 5.61. The second-order valence-electron chi connectivity index (χ2n) is 8.26. The lowest BCUT2D eigenvalue weighted by molar-refractivity contribution is 0.00683. The van der Waals surface area contributed by atoms with Crippen LogP contribution < -0.4 is 0 Å². The van der Waals surface area contributed by atoms with Gasteiger partial charge in [-0.15, -0.1) is 0 Å². The topological polar surface area (TPSA) is 65.5 Å². The monoisotopic (exact) mass is 401 g/mol. The van der Waals surface area contributed by atoms with Crippen LogP contribution in [0.1, 0.15) is 58.7 Å². The fraction of sp³-hybridized carbons (Fsp3) is 0.240. The van der Waals surface area contributed by atoms with Crippen LogP contribution in [0.3, 0.4) is 0 Å². The van der Waals surface area contributed by atoms with Crippen molar-refractivity contribution in [2.75, 3.05) is 6.61 Å². The Morgan fingerprint density at radius 3 is 2.00 bits per heavy atom. The van der Waals surface area contributed by atoms with Gasteiger partial charge in [0.15, 0.2) is 0 Å². The van der Waals surface area contributed by atoms with Gasteiger partial charge in [0, 0.05) is 12.1 Å². The summed E-state index contributed by atoms with van der Waals surface area (Å²) >= 11 is 0. The molecule has 152 valence electrons. The molecule has 1 aliphatic rings. The molecular formula is C25H23NO4. The number of esters is 2. The average Bonchev–Trinajstić information content (AvgIpc) is 3.05. The van der Waals surface area contributed by atoms with Crippen molar-refractivity contribution in [3.8, 4) is 11.1 Å². The lowest BCUT2D eigenvalue weighted by atomic mass is 9.98. The van der Waals surface area contributed by atoms with Gasteiger partial charge in [0.2, 0.25) is 0 Å². The molecule has 0 unspecified atom stereocenters. The Hall–Kier alpha value is -3.47. The van der Waals surface area contributed by atoms with E-state index in [2.05, 4.69) is 29.2 Å². The van der Waals surface area contributed by atoms with E-state index in [1.165, 1.54) is 29.5 Å². The van der Waals surface area contributed by atoms with Crippen molar-refractivity contribution in [3.05, 3.63) is 89.2 Å². The third-order valence-corrected chi connectivity index (χ3v) is 4.95. The van der Waals surface area contributed by atoms with Crippen LogP contribution in [0.5, 0.6) is 0 Å². The second kappa shape index (κ2) is 7.75. The Labute approximate surface area is 175 Å². The Morgan fingerprint density at radius 2 is 1.47 bits per heavy atom. The van der Waals surface area contributed by atoms with Gasteiger partial charge >= 0.3 is 11.9 Å². The fourth-order valence-electron chi connectivity index (χ4n) is 3.64. The SMILES string of the molecule is CC(C)(C)OC(=O)c1ccc(C(=O)OCC2c3ccccc3-c3ccccc32)nc1. The van der Waals surface area contributed by atoms with Gasteiger partial charge in [-0.3, -0.25) is 0 Å². The predicted molar refractivity (Wildman–Crippen MR) is 113 cm³/mol. The quantitative estimate of drug-likeness (QED) is 0.575. The summed E-state index contributed by atoms with van der Waals surface area (Å²) in [7, 11) is 0. The third kappa shape index (κ3) is 3.96. The molecule has 0 spiro atoms. The summed E-state index contributed by atoms with van der Waals surface area (Å²) in [6.07, 6.45) is 1.34. The highest BCUT2D eigenvalue weighted by Crippen LogP contribution is 2.44. The minimum Gasteiger partial charge on any atom is -0.460 e. The summed E-state index contributed by atoms with van der Waals surface area (Å²) in [5.74, 6) is -1.01. The van der Waals surface area contributed by atoms with Crippen LogP contribution in [0.25, 0.3) is 11.1 Å². The van der Waals surface area contributed by atoms with E-state index in [-0.39, 0.29) is 18.2 Å². The number of pyridine rings is 1. The molecule has 1 aromatic heterocycles. The zero-order valence-electron chi connectivity index (χ0n) is 17.2. The van der Waals surface area contributed by atoms with E-state index in [0.29, 0.717) is 5.56 Å². The second-order valence-corrected chi connectivity index (χ2v) is 8.26. The molecule has 3 aromatic rings. The van der Waals surface area contributed by atoms with E-state index in [0.717, 1.165) is 11.1 Å². The Kier molecular flexibility index (Phi) is 5.12. The van der Waals surface area contributed by atoms with Crippen molar-refractivity contribution in [2.24, 2.45) is 0 Å². The van der Waals surface area contributed by atoms with Gasteiger partial charge in [-0.05, 0) is 55.2 Å². The van der Waals surface area contributed by atoms with Crippen molar-refractivity contribution < 1.29 is 19.1 Å². The third-order valence-electron chi connectivity index (χ3n) is 4.95. The van der Waals surface area contributed by atoms with Crippen LogP contribution in [0.2, 0.25) is 0 Å². The van der Waals surface area contributed by atoms with E-state index < -0.39 is 17.5 Å². The van der Waals surface area contributed by atoms with Crippen molar-refractivity contribution in [3.63, 3.8) is 0 Å². The Bertz CT molecular complexity index is 1050. The molecule has 0 fully saturated rings. The van der Waals surface area contributed by atoms with Gasteiger partial charge in [0.05, 0.1) is 5.56 Å². The summed E-state index contributed by atoms with van der Waals surface area (Å²) < 4.78 is 10.9. The van der Waals surface area contributed by atoms with E-state index in [1.54, 1.807) is 20.8 Å². The maximum atomic E-state index is 12.5. The number of carbonyl (C=O) groups is 2. The van der Waals surface area contributed by atoms with Crippen LogP contribution in [0.15, 0.2) is 66.9 Å². The molecule has 0 bridgehead atoms. The number of nitrogens with zero attached hydrogens (tertiary/aromatic N) is 1. The van der Waals surface area contributed by atoms with Gasteiger partial charge in [-0.1, -0.05) is 48.5 Å². The van der Waals surface area contributed by atoms with Crippen LogP contribution in [-0.2, 0) is 9.47 Å². The standard InChI is InChI=1S/C25H23NO4/c1-25(2,3)30-23(27)16-12-13-22(26-14-16)24(28)29-15-21-19-10-6-4-8-17(19)18-9-5-7-11-20(18)21/h4-14,21H,15H2,1-3H3. The molecule has 0 saturated heterocycles. The van der Waals surface area contributed by atoms with Crippen LogP contribution in [0, 0.1) is 0 Å². The van der Waals surface area contributed by atoms with Gasteiger partial charge in [0.1, 0.15) is 17.9 Å². The molecule has 0 atom stereocenters. The molecular weight excluding hydrogens is 378 g/mol. The summed E-state index contributed by atoms with van der Waals surface area (Å²) in [5.41, 5.74) is 4.51. The number of fused-ring (bicyclic) bond motifs is 3. The van der Waals surface area contributed by atoms with Crippen LogP contribution >= 0.6 is 0 Å². The first kappa shape index (κ1) is 19.8. The molecule has 0 N–H and O–H groups in total. The van der Waals surface area contributed by atoms with Crippen LogP contribution in [-0.4, -0.2) is 29.1 Å². The molecule has 4 rings (SSSR count). The number of benzene rings is 2. The first-order valence-corrected chi connectivity index (χ1v) is 9.88. The molecule has 0 radical (unpaired) electrons. The fourth-order valence-corrected chi connectivity index (χ4v) is 3.64. The summed E-state index contributed by atoms with van der Waals surface area (Å²) in [4.78, 5) is 28.7. The van der Waals surface area contributed by atoms with Crippen LogP contribution in [0.4, 0.5) is 0 Å². The molecule has 2 aromatic carbocycles. The lowest BCUT2D eigenvalue weighted by Gasteiger charge is -2.19. The van der Waals surface area contributed by atoms with Crippen molar-refractivity contribution in [1.82, 2.24) is 4.98 Å². The summed E-state index contributed by atoms with van der Waals surface area (Å²) in [6, 6.07) is 19.4. The molecule has 1 heterocycles. The summed E-state index contributed by atoms with van der Waals surface area (Å²) in [5, 5.41) is 0. The number of hydrogen-bond donors (Lipinski definition) is 0. The van der Waals surface area contributed by atoms with Gasteiger partial charge in [-0.2, -0.15) is 0 Å². The average molecular weight is 401 g/mol. The first-order valence-electron chi connectivity index (χ1n) is 9.88. The van der Waals surface area contributed by atoms with E-state index in [4.69, 9.17) is 9.47 Å². The number of ether oxygens (including phenoxy) is 2. The van der Waals surface area contributed by atoms with Gasteiger partial charge in [0.25, 0.3) is 0 Å². The molecule has 0 amide bonds. The van der Waals surface area contributed by atoms with Crippen molar-refractivity contribution in [1.29, 1.82) is 0 Å². The molecule has 30 heavy (non-hydrogen) atoms. The van der Waals surface area contributed by atoms with E-state index in [9.17, 15) is 9.59 Å². The molecule has 1 aliphatic carbocycles. The minimum absolute atomic E-state index is 0.0117. The molecule has 0 saturated carbocycles. The number of rotatable bonds is 4. The highest BCUT2D eigenvalue weighted by atomic mass is 16.6. The Morgan fingerprint density at radius 1 is 0.867 bits per heavy atom.